The van der Waals surface area contributed by atoms with Crippen molar-refractivity contribution < 1.29 is 109 Å². The average molecular weight is 1620 g/mol. The smallest absolute Gasteiger partial charge is 0.343 e. The predicted octanol–water partition coefficient (Wildman–Crippen LogP) is 5.89. The molecule has 0 spiro atoms. The first kappa shape index (κ1) is 86.7. The van der Waals surface area contributed by atoms with Crippen molar-refractivity contribution in [1.29, 1.82) is 0 Å². The molecule has 3 unspecified atom stereocenters. The van der Waals surface area contributed by atoms with Crippen LogP contribution >= 0.6 is 11.8 Å². The number of ether oxygens (including phenoxy) is 5. The minimum absolute atomic E-state index is 0. The van der Waals surface area contributed by atoms with E-state index in [1.807, 2.05) is 145 Å². The number of likely N-dealkylation sites (N-methyl/N-ethyl adjacent to an activating group) is 3. The van der Waals surface area contributed by atoms with Crippen molar-refractivity contribution >= 4 is 29.7 Å². The number of carbonyl (C=O) groups excluding carboxylic acids is 3. The number of carbonyl (C=O) groups is 3. The number of nitrogens with zero attached hydrogens (tertiary/aromatic N) is 5. The zero-order valence-corrected chi connectivity index (χ0v) is 68.5. The molecule has 3 saturated carbocycles. The number of thioether (sulfide) groups is 1. The molecular weight excluding hydrogens is 1500 g/mol. The number of imidazole rings is 1. The van der Waals surface area contributed by atoms with Gasteiger partial charge in [-0.05, 0) is 127 Å². The Balaban J connectivity index is 0.000000187. The number of benzene rings is 6. The Morgan fingerprint density at radius 2 is 0.817 bits per heavy atom. The molecule has 7 aromatic rings. The lowest BCUT2D eigenvalue weighted by molar-refractivity contribution is -0.899. The van der Waals surface area contributed by atoms with Gasteiger partial charge >= 0.3 is 17.9 Å². The van der Waals surface area contributed by atoms with E-state index in [1.54, 1.807) is 11.8 Å². The van der Waals surface area contributed by atoms with Gasteiger partial charge in [0.05, 0.1) is 73.6 Å². The molecule has 0 bridgehead atoms. The van der Waals surface area contributed by atoms with Crippen LogP contribution in [0.25, 0.3) is 11.1 Å². The Hall–Kier alpha value is -6.29. The molecule has 0 amide bonds. The van der Waals surface area contributed by atoms with Crippen LogP contribution in [-0.2, 0) is 65.3 Å². The number of esters is 3. The van der Waals surface area contributed by atoms with Gasteiger partial charge in [0.15, 0.2) is 40.3 Å². The highest BCUT2D eigenvalue weighted by molar-refractivity contribution is 7.99. The molecule has 4 aliphatic carbocycles. The monoisotopic (exact) mass is 1610 g/mol. The topological polar surface area (TPSA) is 176 Å². The SMILES string of the molecule is C[N+]1(CCCOc2ccc(-c3ccccc3)cc2)CC[C@@H](OC(=O)[C@](O)(c2ccccc2)C2CCCC2)C1.C[N+]1(CCCOc2ccc3c(c2)CCCC3)CC[C@@H](OC(=O)[C@](O)(c2ccccc2)C2CCCC2)C1.Cn1ccnc1SCCC[N+]1(C)CC[C@@H](OC(=O)[C@](O)(c2ccccc2)C2CCCC2)C1.[Br-].[Cl-].[Cl-]. The molecule has 7 aliphatic rings. The number of aryl methyl sites for hydroxylation is 3. The Bertz CT molecular complexity index is 3930. The largest absolute Gasteiger partial charge is 1.00 e. The number of halogens is 3. The van der Waals surface area contributed by atoms with Crippen LogP contribution in [0.4, 0.5) is 0 Å². The molecule has 1 aromatic heterocycles. The highest BCUT2D eigenvalue weighted by Crippen LogP contribution is 2.46. The molecule has 16 nitrogen and oxygen atoms in total. The van der Waals surface area contributed by atoms with E-state index >= 15 is 0 Å². The summed E-state index contributed by atoms with van der Waals surface area (Å²) in [5.74, 6) is 1.27. The van der Waals surface area contributed by atoms with Gasteiger partial charge in [-0.2, -0.15) is 0 Å². The summed E-state index contributed by atoms with van der Waals surface area (Å²) in [5, 5.41) is 36.1. The molecule has 3 aliphatic heterocycles. The fraction of sp³-hybridized carbons (Fsp3) is 0.528. The molecule has 6 aromatic carbocycles. The van der Waals surface area contributed by atoms with Crippen LogP contribution in [0, 0.1) is 17.8 Å². The molecule has 6 fully saturated rings. The first-order chi connectivity index (χ1) is 51.3. The lowest BCUT2D eigenvalue weighted by atomic mass is 9.80. The Morgan fingerprint density at radius 1 is 0.459 bits per heavy atom. The van der Waals surface area contributed by atoms with Crippen LogP contribution in [0.5, 0.6) is 11.5 Å². The van der Waals surface area contributed by atoms with Gasteiger partial charge in [0.25, 0.3) is 0 Å². The summed E-state index contributed by atoms with van der Waals surface area (Å²) in [6.45, 7) is 9.66. The second kappa shape index (κ2) is 40.4. The molecule has 592 valence electrons. The Kier molecular flexibility index (Phi) is 32.2. The van der Waals surface area contributed by atoms with Gasteiger partial charge in [0.1, 0.15) is 31.1 Å². The molecule has 0 radical (unpaired) electrons. The third-order valence-corrected chi connectivity index (χ3v) is 25.6. The number of rotatable bonds is 28. The highest BCUT2D eigenvalue weighted by atomic mass is 79.9. The standard InChI is InChI=1S/C33H40NO4.C31H42NO4.C25H36N3O3S.BrH.2ClH/c1-34(22-10-24-37-30-19-17-27(18-20-30)26-11-4-2-5-12-26)23-21-31(25-34)38-32(35)33(36,29-15-8-9-16-29)28-13-6-3-7-14-28;1-32(19-9-21-35-28-17-16-24-10-5-6-11-25(24)22-28)20-18-29(23-32)36-30(33)31(34,27-14-7-8-15-27)26-12-3-2-4-13-26;1-27-15-14-26-24(27)32-18-8-16-28(2)17-13-22(19-28)31-23(29)25(30,21-11-6-7-12-21)20-9-4-3-5-10-20;;;/h2-7,11-14,17-20,29,31,36H,8-10,15-16,21-25H2,1H3;2-4,12-13,16-17,22,27,29,34H,5-11,14-15,18-21,23H2,1H3;3-5,9-10,14-15,21-22,30H,6-8,11-13,16-19H2,1-2H3;3*1H/q3*+1;;;/p-3/t31-,33+,34?;29-,31+,32?;22-,25+,28?;;;/m111.../s1. The maximum Gasteiger partial charge on any atom is 0.343 e. The van der Waals surface area contributed by atoms with Gasteiger partial charge < -0.3 is 98.8 Å². The molecule has 14 rings (SSSR count). The van der Waals surface area contributed by atoms with Crippen molar-refractivity contribution in [2.45, 2.75) is 182 Å². The molecule has 109 heavy (non-hydrogen) atoms. The average Bonchev–Trinajstić information content (AvgIpc) is 1.77. The predicted molar refractivity (Wildman–Crippen MR) is 416 cm³/mol. The second-order valence-electron chi connectivity index (χ2n) is 32.5. The fourth-order valence-corrected chi connectivity index (χ4v) is 19.1. The van der Waals surface area contributed by atoms with E-state index < -0.39 is 34.7 Å². The maximum absolute atomic E-state index is 13.5. The Labute approximate surface area is 675 Å². The van der Waals surface area contributed by atoms with Gasteiger partial charge in [-0.25, -0.2) is 19.4 Å². The van der Waals surface area contributed by atoms with Crippen molar-refractivity contribution in [3.63, 3.8) is 0 Å². The summed E-state index contributed by atoms with van der Waals surface area (Å²) >= 11 is 1.79. The van der Waals surface area contributed by atoms with Crippen LogP contribution in [0.3, 0.4) is 0 Å². The summed E-state index contributed by atoms with van der Waals surface area (Å²) in [4.78, 5) is 44.6. The summed E-state index contributed by atoms with van der Waals surface area (Å²) in [6, 6.07) is 53.3. The number of hydrogen-bond acceptors (Lipinski definition) is 13. The lowest BCUT2D eigenvalue weighted by Gasteiger charge is -2.33. The normalized spacial score (nSPS) is 24.1. The van der Waals surface area contributed by atoms with Crippen molar-refractivity contribution in [2.75, 3.05) is 99.0 Å². The minimum Gasteiger partial charge on any atom is -1.00 e. The van der Waals surface area contributed by atoms with Crippen LogP contribution < -0.4 is 51.3 Å². The lowest BCUT2D eigenvalue weighted by Crippen LogP contribution is -3.00. The first-order valence-corrected chi connectivity index (χ1v) is 40.9. The second-order valence-corrected chi connectivity index (χ2v) is 33.6. The minimum atomic E-state index is -1.56. The van der Waals surface area contributed by atoms with E-state index in [4.69, 9.17) is 23.7 Å². The van der Waals surface area contributed by atoms with Gasteiger partial charge in [0.2, 0.25) is 0 Å². The van der Waals surface area contributed by atoms with E-state index in [2.05, 4.69) is 68.6 Å². The van der Waals surface area contributed by atoms with E-state index in [0.29, 0.717) is 29.9 Å². The maximum atomic E-state index is 13.5. The highest BCUT2D eigenvalue weighted by Gasteiger charge is 2.53. The van der Waals surface area contributed by atoms with Crippen molar-refractivity contribution in [1.82, 2.24) is 9.55 Å². The number of aromatic nitrogens is 2. The summed E-state index contributed by atoms with van der Waals surface area (Å²) in [6.07, 6.45) is 25.3. The van der Waals surface area contributed by atoms with Crippen molar-refractivity contribution in [2.24, 2.45) is 24.8 Å². The Morgan fingerprint density at radius 3 is 1.21 bits per heavy atom. The van der Waals surface area contributed by atoms with E-state index in [9.17, 15) is 29.7 Å². The van der Waals surface area contributed by atoms with Crippen molar-refractivity contribution in [3.05, 3.63) is 204 Å². The number of aliphatic hydroxyl groups is 3. The van der Waals surface area contributed by atoms with Gasteiger partial charge in [-0.3, -0.25) is 0 Å². The van der Waals surface area contributed by atoms with Crippen LogP contribution in [0.15, 0.2) is 181 Å². The zero-order valence-electron chi connectivity index (χ0n) is 64.6. The van der Waals surface area contributed by atoms with Gasteiger partial charge in [-0.15, -0.1) is 0 Å². The van der Waals surface area contributed by atoms with Crippen molar-refractivity contribution in [3.8, 4) is 22.6 Å². The zero-order chi connectivity index (χ0) is 74.0. The van der Waals surface area contributed by atoms with E-state index in [1.165, 1.54) is 47.9 Å². The van der Waals surface area contributed by atoms with Gasteiger partial charge in [-0.1, -0.05) is 190 Å². The van der Waals surface area contributed by atoms with E-state index in [0.717, 1.165) is 210 Å². The third-order valence-electron chi connectivity index (χ3n) is 24.5. The number of likely N-dealkylation sites (tertiary alicyclic amines) is 3. The molecule has 4 heterocycles. The number of quaternary nitrogens is 3. The third kappa shape index (κ3) is 22.1. The van der Waals surface area contributed by atoms with E-state index in [-0.39, 0.29) is 77.9 Å². The fourth-order valence-electron chi connectivity index (χ4n) is 18.2. The summed E-state index contributed by atoms with van der Waals surface area (Å²) in [7, 11) is 8.74. The molecule has 3 N–H and O–H groups in total. The summed E-state index contributed by atoms with van der Waals surface area (Å²) < 4.78 is 34.8. The number of hydrogen-bond donors (Lipinski definition) is 3. The molecular formula is C89H118BrCl2N5O11S. The summed E-state index contributed by atoms with van der Waals surface area (Å²) in [5.41, 5.74) is 2.65. The number of fused-ring (bicyclic) bond motifs is 1. The first-order valence-electron chi connectivity index (χ1n) is 39.9. The van der Waals surface area contributed by atoms with Gasteiger partial charge in [0, 0.05) is 81.5 Å². The van der Waals surface area contributed by atoms with Crippen LogP contribution in [0.2, 0.25) is 0 Å². The molecule has 20 heteroatoms. The molecule has 3 saturated heterocycles. The molecule has 9 atom stereocenters. The quantitative estimate of drug-likeness (QED) is 0.0174. The van der Waals surface area contributed by atoms with Crippen LogP contribution in [0.1, 0.15) is 156 Å². The van der Waals surface area contributed by atoms with Crippen LogP contribution in [-0.4, -0.2) is 174 Å².